The van der Waals surface area contributed by atoms with Crippen LogP contribution in [0.2, 0.25) is 0 Å². The van der Waals surface area contributed by atoms with Crippen molar-refractivity contribution in [1.82, 2.24) is 4.98 Å². The number of aromatic nitrogens is 1. The molecule has 0 saturated heterocycles. The van der Waals surface area contributed by atoms with Gasteiger partial charge in [-0.2, -0.15) is 0 Å². The highest BCUT2D eigenvalue weighted by atomic mass is 32.1. The molecule has 3 N–H and O–H groups in total. The number of nitrogen functional groups attached to an aromatic ring is 1. The smallest absolute Gasteiger partial charge is 0.142 e. The first kappa shape index (κ1) is 13.5. The van der Waals surface area contributed by atoms with E-state index in [1.807, 2.05) is 61.5 Å². The fraction of sp³-hybridized carbons (Fsp3) is 0.0588. The molecule has 0 aliphatic rings. The van der Waals surface area contributed by atoms with Crippen LogP contribution in [-0.4, -0.2) is 10.7 Å². The van der Waals surface area contributed by atoms with Gasteiger partial charge in [-0.15, -0.1) is 11.3 Å². The number of nitrogens with two attached hydrogens (primary N) is 1. The van der Waals surface area contributed by atoms with Gasteiger partial charge in [0.05, 0.1) is 11.4 Å². The van der Waals surface area contributed by atoms with E-state index >= 15 is 0 Å². The van der Waals surface area contributed by atoms with Crippen LogP contribution in [0.1, 0.15) is 15.4 Å². The minimum absolute atomic E-state index is 0.378. The number of nitrogens with zero attached hydrogens (tertiary/aromatic N) is 1. The van der Waals surface area contributed by atoms with Crippen molar-refractivity contribution in [3.05, 3.63) is 70.0 Å². The number of hydrogen-bond acceptors (Lipinski definition) is 4. The van der Waals surface area contributed by atoms with Gasteiger partial charge in [0.2, 0.25) is 0 Å². The van der Waals surface area contributed by atoms with Crippen LogP contribution in [-0.2, 0) is 0 Å². The summed E-state index contributed by atoms with van der Waals surface area (Å²) in [6, 6.07) is 17.5. The number of nitrogens with one attached hydrogen (secondary N) is 1. The lowest BCUT2D eigenvalue weighted by atomic mass is 10.1. The molecule has 4 heteroatoms. The van der Waals surface area contributed by atoms with Gasteiger partial charge in [-0.1, -0.05) is 48.5 Å². The van der Waals surface area contributed by atoms with Crippen molar-refractivity contribution in [2.75, 3.05) is 5.73 Å². The zero-order valence-corrected chi connectivity index (χ0v) is 12.4. The van der Waals surface area contributed by atoms with Crippen molar-refractivity contribution in [2.24, 2.45) is 0 Å². The summed E-state index contributed by atoms with van der Waals surface area (Å²) >= 11 is 1.53. The van der Waals surface area contributed by atoms with Crippen molar-refractivity contribution in [3.8, 4) is 11.3 Å². The summed E-state index contributed by atoms with van der Waals surface area (Å²) < 4.78 is 0. The Balaban J connectivity index is 2.02. The Hall–Kier alpha value is -2.46. The van der Waals surface area contributed by atoms with Crippen LogP contribution in [0, 0.1) is 12.3 Å². The second-order valence-corrected chi connectivity index (χ2v) is 5.96. The van der Waals surface area contributed by atoms with Crippen molar-refractivity contribution in [2.45, 2.75) is 6.92 Å². The monoisotopic (exact) mass is 293 g/mol. The van der Waals surface area contributed by atoms with Crippen molar-refractivity contribution >= 4 is 22.7 Å². The summed E-state index contributed by atoms with van der Waals surface area (Å²) in [7, 11) is 0. The molecule has 0 fully saturated rings. The van der Waals surface area contributed by atoms with E-state index in [2.05, 4.69) is 4.98 Å². The van der Waals surface area contributed by atoms with Crippen molar-refractivity contribution in [3.63, 3.8) is 0 Å². The van der Waals surface area contributed by atoms with E-state index in [-0.39, 0.29) is 0 Å². The molecule has 3 aromatic rings. The third kappa shape index (κ3) is 2.58. The molecule has 3 rings (SSSR count). The van der Waals surface area contributed by atoms with E-state index in [9.17, 15) is 0 Å². The molecule has 0 amide bonds. The molecule has 0 unspecified atom stereocenters. The van der Waals surface area contributed by atoms with E-state index in [0.29, 0.717) is 16.4 Å². The first-order chi connectivity index (χ1) is 10.2. The lowest BCUT2D eigenvalue weighted by Gasteiger charge is -2.04. The molecule has 0 saturated carbocycles. The molecule has 0 aliphatic heterocycles. The van der Waals surface area contributed by atoms with E-state index in [1.54, 1.807) is 0 Å². The maximum absolute atomic E-state index is 8.35. The average Bonchev–Trinajstić information content (AvgIpc) is 2.90. The molecule has 0 aliphatic carbocycles. The Labute approximate surface area is 127 Å². The van der Waals surface area contributed by atoms with Crippen molar-refractivity contribution < 1.29 is 0 Å². The number of benzene rings is 2. The van der Waals surface area contributed by atoms with Crippen LogP contribution in [0.4, 0.5) is 5.69 Å². The molecule has 21 heavy (non-hydrogen) atoms. The number of thiazole rings is 1. The topological polar surface area (TPSA) is 62.8 Å². The van der Waals surface area contributed by atoms with Gasteiger partial charge in [-0.3, -0.25) is 5.41 Å². The van der Waals surface area contributed by atoms with Gasteiger partial charge in [0.25, 0.3) is 0 Å². The van der Waals surface area contributed by atoms with Gasteiger partial charge in [0.15, 0.2) is 0 Å². The first-order valence-electron chi connectivity index (χ1n) is 6.63. The van der Waals surface area contributed by atoms with Crippen LogP contribution in [0.25, 0.3) is 11.3 Å². The molecule has 0 radical (unpaired) electrons. The molecule has 2 aromatic carbocycles. The quantitative estimate of drug-likeness (QED) is 0.563. The predicted molar refractivity (Wildman–Crippen MR) is 89.1 cm³/mol. The third-order valence-electron chi connectivity index (χ3n) is 3.29. The maximum atomic E-state index is 8.35. The fourth-order valence-electron chi connectivity index (χ4n) is 2.21. The van der Waals surface area contributed by atoms with Crippen LogP contribution in [0.15, 0.2) is 54.6 Å². The zero-order valence-electron chi connectivity index (χ0n) is 11.6. The van der Waals surface area contributed by atoms with E-state index in [0.717, 1.165) is 21.7 Å². The van der Waals surface area contributed by atoms with Crippen LogP contribution >= 0.6 is 11.3 Å². The minimum Gasteiger partial charge on any atom is -0.398 e. The highest BCUT2D eigenvalue weighted by Crippen LogP contribution is 2.29. The molecule has 0 atom stereocenters. The minimum atomic E-state index is 0.378. The van der Waals surface area contributed by atoms with Crippen molar-refractivity contribution in [1.29, 1.82) is 5.41 Å². The molecule has 104 valence electrons. The molecule has 3 nitrogen and oxygen atoms in total. The molecular weight excluding hydrogens is 278 g/mol. The van der Waals surface area contributed by atoms with E-state index < -0.39 is 0 Å². The summed E-state index contributed by atoms with van der Waals surface area (Å²) in [4.78, 5) is 5.74. The molecule has 1 heterocycles. The molecule has 1 aromatic heterocycles. The van der Waals surface area contributed by atoms with Gasteiger partial charge in [-0.05, 0) is 13.0 Å². The van der Waals surface area contributed by atoms with Crippen LogP contribution in [0.3, 0.4) is 0 Å². The maximum Gasteiger partial charge on any atom is 0.142 e. The summed E-state index contributed by atoms with van der Waals surface area (Å²) in [6.07, 6.45) is 0. The number of para-hydroxylation sites is 1. The van der Waals surface area contributed by atoms with E-state index in [4.69, 9.17) is 11.1 Å². The number of anilines is 1. The van der Waals surface area contributed by atoms with Crippen LogP contribution < -0.4 is 5.73 Å². The Morgan fingerprint density at radius 3 is 2.43 bits per heavy atom. The fourth-order valence-corrected chi connectivity index (χ4v) is 3.11. The number of rotatable bonds is 3. The van der Waals surface area contributed by atoms with Gasteiger partial charge in [0.1, 0.15) is 5.01 Å². The Bertz CT molecular complexity index is 791. The predicted octanol–water partition coefficient (Wildman–Crippen LogP) is 4.12. The zero-order chi connectivity index (χ0) is 14.8. The summed E-state index contributed by atoms with van der Waals surface area (Å²) in [5.74, 6) is 0. The second kappa shape index (κ2) is 5.50. The summed E-state index contributed by atoms with van der Waals surface area (Å²) in [6.45, 7) is 2.03. The van der Waals surface area contributed by atoms with Gasteiger partial charge >= 0.3 is 0 Å². The number of aryl methyl sites for hydroxylation is 1. The third-order valence-corrected chi connectivity index (χ3v) is 4.28. The Kier molecular flexibility index (Phi) is 3.54. The largest absolute Gasteiger partial charge is 0.398 e. The van der Waals surface area contributed by atoms with E-state index in [1.165, 1.54) is 11.3 Å². The Morgan fingerprint density at radius 2 is 1.71 bits per heavy atom. The Morgan fingerprint density at radius 1 is 1.05 bits per heavy atom. The second-order valence-electron chi connectivity index (χ2n) is 4.75. The highest BCUT2D eigenvalue weighted by molar-refractivity contribution is 7.14. The number of hydrogen-bond donors (Lipinski definition) is 2. The lowest BCUT2D eigenvalue weighted by molar-refractivity contribution is 1.33. The summed E-state index contributed by atoms with van der Waals surface area (Å²) in [5.41, 5.74) is 9.68. The first-order valence-corrected chi connectivity index (χ1v) is 7.45. The normalized spacial score (nSPS) is 10.5. The SMILES string of the molecule is Cc1sc(C(=N)c2ccccc2N)nc1-c1ccccc1. The molecular formula is C17H15N3S. The van der Waals surface area contributed by atoms with Crippen LogP contribution in [0.5, 0.6) is 0 Å². The summed E-state index contributed by atoms with van der Waals surface area (Å²) in [5, 5.41) is 9.05. The van der Waals surface area contributed by atoms with Gasteiger partial charge in [0, 0.05) is 21.7 Å². The lowest BCUT2D eigenvalue weighted by Crippen LogP contribution is -2.04. The molecule has 0 spiro atoms. The standard InChI is InChI=1S/C17H15N3S/c1-11-16(12-7-3-2-4-8-12)20-17(21-11)15(19)13-9-5-6-10-14(13)18/h2-10,19H,18H2,1H3. The highest BCUT2D eigenvalue weighted by Gasteiger charge is 2.15. The average molecular weight is 293 g/mol. The molecule has 0 bridgehead atoms. The van der Waals surface area contributed by atoms with Gasteiger partial charge in [-0.25, -0.2) is 4.98 Å². The van der Waals surface area contributed by atoms with Gasteiger partial charge < -0.3 is 5.73 Å².